The summed E-state index contributed by atoms with van der Waals surface area (Å²) in [7, 11) is 0. The SMILES string of the molecule is O=C(O)Cn1cc(CNC(=O)C2=COCCO2)nn1. The average Bonchev–Trinajstić information content (AvgIpc) is 2.84. The molecule has 102 valence electrons. The van der Waals surface area contributed by atoms with Crippen molar-refractivity contribution in [1.29, 1.82) is 0 Å². The molecule has 19 heavy (non-hydrogen) atoms. The number of rotatable bonds is 5. The fourth-order valence-electron chi connectivity index (χ4n) is 1.38. The lowest BCUT2D eigenvalue weighted by molar-refractivity contribution is -0.138. The van der Waals surface area contributed by atoms with Crippen LogP contribution in [0.5, 0.6) is 0 Å². The van der Waals surface area contributed by atoms with E-state index in [1.165, 1.54) is 17.1 Å². The number of carbonyl (C=O) groups excluding carboxylic acids is 1. The summed E-state index contributed by atoms with van der Waals surface area (Å²) in [5.41, 5.74) is 0.451. The molecule has 2 rings (SSSR count). The van der Waals surface area contributed by atoms with Crippen molar-refractivity contribution in [3.05, 3.63) is 23.9 Å². The molecule has 2 heterocycles. The van der Waals surface area contributed by atoms with E-state index in [0.717, 1.165) is 0 Å². The van der Waals surface area contributed by atoms with Crippen LogP contribution in [0.4, 0.5) is 0 Å². The van der Waals surface area contributed by atoms with Gasteiger partial charge in [0.1, 0.15) is 31.7 Å². The van der Waals surface area contributed by atoms with E-state index in [1.807, 2.05) is 0 Å². The highest BCUT2D eigenvalue weighted by atomic mass is 16.6. The van der Waals surface area contributed by atoms with Gasteiger partial charge in [-0.05, 0) is 0 Å². The molecule has 0 unspecified atom stereocenters. The van der Waals surface area contributed by atoms with Crippen LogP contribution >= 0.6 is 0 Å². The van der Waals surface area contributed by atoms with Gasteiger partial charge < -0.3 is 19.9 Å². The Hall–Kier alpha value is -2.58. The van der Waals surface area contributed by atoms with Gasteiger partial charge in [0.15, 0.2) is 0 Å². The lowest BCUT2D eigenvalue weighted by atomic mass is 10.4. The first-order valence-corrected chi connectivity index (χ1v) is 5.49. The van der Waals surface area contributed by atoms with Gasteiger partial charge in [-0.3, -0.25) is 9.59 Å². The van der Waals surface area contributed by atoms with Gasteiger partial charge in [0, 0.05) is 0 Å². The second kappa shape index (κ2) is 5.85. The topological polar surface area (TPSA) is 116 Å². The van der Waals surface area contributed by atoms with Crippen LogP contribution < -0.4 is 5.32 Å². The maximum absolute atomic E-state index is 11.6. The molecule has 2 N–H and O–H groups in total. The van der Waals surface area contributed by atoms with Gasteiger partial charge in [-0.1, -0.05) is 5.21 Å². The lowest BCUT2D eigenvalue weighted by Gasteiger charge is -2.14. The van der Waals surface area contributed by atoms with Crippen molar-refractivity contribution in [1.82, 2.24) is 20.3 Å². The van der Waals surface area contributed by atoms with E-state index in [0.29, 0.717) is 18.9 Å². The molecule has 1 amide bonds. The summed E-state index contributed by atoms with van der Waals surface area (Å²) >= 11 is 0. The van der Waals surface area contributed by atoms with E-state index in [4.69, 9.17) is 14.6 Å². The molecule has 0 aliphatic carbocycles. The maximum atomic E-state index is 11.6. The fraction of sp³-hybridized carbons (Fsp3) is 0.400. The van der Waals surface area contributed by atoms with Crippen LogP contribution in [0.2, 0.25) is 0 Å². The highest BCUT2D eigenvalue weighted by molar-refractivity contribution is 5.91. The van der Waals surface area contributed by atoms with Gasteiger partial charge >= 0.3 is 5.97 Å². The number of nitrogens with one attached hydrogen (secondary N) is 1. The smallest absolute Gasteiger partial charge is 0.325 e. The second-order valence-corrected chi connectivity index (χ2v) is 3.69. The molecular weight excluding hydrogens is 256 g/mol. The van der Waals surface area contributed by atoms with E-state index in [-0.39, 0.29) is 18.8 Å². The van der Waals surface area contributed by atoms with Crippen molar-refractivity contribution in [2.75, 3.05) is 13.2 Å². The molecule has 0 atom stereocenters. The zero-order chi connectivity index (χ0) is 13.7. The van der Waals surface area contributed by atoms with Crippen LogP contribution in [0.1, 0.15) is 5.69 Å². The Balaban J connectivity index is 1.84. The Morgan fingerprint density at radius 1 is 1.47 bits per heavy atom. The summed E-state index contributed by atoms with van der Waals surface area (Å²) in [6, 6.07) is 0. The minimum atomic E-state index is -1.02. The molecule has 1 aromatic heterocycles. The average molecular weight is 268 g/mol. The van der Waals surface area contributed by atoms with Crippen LogP contribution in [-0.2, 0) is 32.2 Å². The lowest BCUT2D eigenvalue weighted by Crippen LogP contribution is -2.28. The van der Waals surface area contributed by atoms with Gasteiger partial charge in [0.25, 0.3) is 5.91 Å². The fourth-order valence-corrected chi connectivity index (χ4v) is 1.38. The molecule has 0 radical (unpaired) electrons. The third-order valence-corrected chi connectivity index (χ3v) is 2.19. The molecule has 0 saturated carbocycles. The number of hydrogen-bond acceptors (Lipinski definition) is 6. The summed E-state index contributed by atoms with van der Waals surface area (Å²) in [6.45, 7) is 0.594. The minimum Gasteiger partial charge on any atom is -0.494 e. The van der Waals surface area contributed by atoms with Gasteiger partial charge in [-0.2, -0.15) is 0 Å². The quantitative estimate of drug-likeness (QED) is 0.693. The highest BCUT2D eigenvalue weighted by Crippen LogP contribution is 2.04. The van der Waals surface area contributed by atoms with Crippen LogP contribution in [0, 0.1) is 0 Å². The van der Waals surface area contributed by atoms with Crippen LogP contribution in [0.3, 0.4) is 0 Å². The van der Waals surface area contributed by atoms with Crippen molar-refractivity contribution in [2.45, 2.75) is 13.1 Å². The van der Waals surface area contributed by atoms with E-state index < -0.39 is 11.9 Å². The summed E-state index contributed by atoms with van der Waals surface area (Å²) < 4.78 is 11.2. The number of aliphatic carboxylic acids is 1. The number of amides is 1. The van der Waals surface area contributed by atoms with Gasteiger partial charge in [0.05, 0.1) is 12.7 Å². The predicted molar refractivity (Wildman–Crippen MR) is 59.5 cm³/mol. The molecule has 0 spiro atoms. The first kappa shape index (κ1) is 12.9. The van der Waals surface area contributed by atoms with Gasteiger partial charge in [-0.15, -0.1) is 5.10 Å². The van der Waals surface area contributed by atoms with Crippen LogP contribution in [-0.4, -0.2) is 45.2 Å². The summed E-state index contributed by atoms with van der Waals surface area (Å²) in [5, 5.41) is 18.5. The molecule has 0 aromatic carbocycles. The second-order valence-electron chi connectivity index (χ2n) is 3.69. The van der Waals surface area contributed by atoms with Crippen molar-refractivity contribution < 1.29 is 24.2 Å². The first-order chi connectivity index (χ1) is 9.15. The highest BCUT2D eigenvalue weighted by Gasteiger charge is 2.15. The minimum absolute atomic E-state index is 0.101. The van der Waals surface area contributed by atoms with Crippen molar-refractivity contribution in [3.63, 3.8) is 0 Å². The molecule has 0 fully saturated rings. The number of carboxylic acids is 1. The number of hydrogen-bond donors (Lipinski definition) is 2. The Labute approximate surface area is 107 Å². The third-order valence-electron chi connectivity index (χ3n) is 2.19. The zero-order valence-electron chi connectivity index (χ0n) is 9.90. The van der Waals surface area contributed by atoms with Gasteiger partial charge in [0.2, 0.25) is 5.76 Å². The molecule has 0 bridgehead atoms. The van der Waals surface area contributed by atoms with E-state index in [2.05, 4.69) is 15.6 Å². The van der Waals surface area contributed by atoms with Crippen molar-refractivity contribution >= 4 is 11.9 Å². The van der Waals surface area contributed by atoms with E-state index >= 15 is 0 Å². The molecule has 1 aliphatic rings. The molecule has 1 aromatic rings. The molecule has 1 aliphatic heterocycles. The first-order valence-electron chi connectivity index (χ1n) is 5.49. The predicted octanol–water partition coefficient (Wildman–Crippen LogP) is -1.13. The molecular formula is C10H12N4O5. The molecule has 0 saturated heterocycles. The summed E-state index contributed by atoms with van der Waals surface area (Å²) in [4.78, 5) is 22.1. The van der Waals surface area contributed by atoms with E-state index in [1.54, 1.807) is 0 Å². The normalized spacial score (nSPS) is 14.0. The molecule has 9 nitrogen and oxygen atoms in total. The van der Waals surface area contributed by atoms with Crippen molar-refractivity contribution in [2.24, 2.45) is 0 Å². The Kier molecular flexibility index (Phi) is 3.96. The maximum Gasteiger partial charge on any atom is 0.325 e. The standard InChI is InChI=1S/C10H12N4O5/c15-9(16)5-14-4-7(12-13-14)3-11-10(17)8-6-18-1-2-19-8/h4,6H,1-3,5H2,(H,11,17)(H,15,16). The van der Waals surface area contributed by atoms with E-state index in [9.17, 15) is 9.59 Å². The van der Waals surface area contributed by atoms with Gasteiger partial charge in [-0.25, -0.2) is 4.68 Å². The van der Waals surface area contributed by atoms with Crippen molar-refractivity contribution in [3.8, 4) is 0 Å². The van der Waals surface area contributed by atoms with Crippen LogP contribution in [0.15, 0.2) is 18.2 Å². The zero-order valence-corrected chi connectivity index (χ0v) is 9.90. The summed E-state index contributed by atoms with van der Waals surface area (Å²) in [6.07, 6.45) is 2.70. The number of carboxylic acid groups (broad SMARTS) is 1. The molecule has 9 heteroatoms. The number of aromatic nitrogens is 3. The largest absolute Gasteiger partial charge is 0.494 e. The number of nitrogens with zero attached hydrogens (tertiary/aromatic N) is 3. The number of ether oxygens (including phenoxy) is 2. The summed E-state index contributed by atoms with van der Waals surface area (Å²) in [5.74, 6) is -1.34. The Morgan fingerprint density at radius 2 is 2.32 bits per heavy atom. The van der Waals surface area contributed by atoms with Crippen LogP contribution in [0.25, 0.3) is 0 Å². The Morgan fingerprint density at radius 3 is 3.00 bits per heavy atom. The number of carbonyl (C=O) groups is 2. The monoisotopic (exact) mass is 268 g/mol. The Bertz CT molecular complexity index is 510. The third kappa shape index (κ3) is 3.69.